The van der Waals surface area contributed by atoms with E-state index in [1.54, 1.807) is 16.4 Å². The van der Waals surface area contributed by atoms with Crippen LogP contribution >= 0.6 is 11.6 Å². The van der Waals surface area contributed by atoms with Gasteiger partial charge in [0.25, 0.3) is 10.0 Å². The molecule has 0 aliphatic carbocycles. The molecule has 2 aliphatic heterocycles. The molecule has 116 valence electrons. The van der Waals surface area contributed by atoms with Gasteiger partial charge < -0.3 is 0 Å². The number of alkyl halides is 1. The highest BCUT2D eigenvalue weighted by molar-refractivity contribution is 7.89. The SMILES string of the molecule is CC1CN2CCCC2CN1S(=O)(=O)c1ccc(CCl)cn1. The van der Waals surface area contributed by atoms with Gasteiger partial charge in [-0.25, -0.2) is 13.4 Å². The van der Waals surface area contributed by atoms with Crippen molar-refractivity contribution >= 4 is 21.6 Å². The van der Waals surface area contributed by atoms with Gasteiger partial charge in [-0.2, -0.15) is 4.31 Å². The number of nitrogens with zero attached hydrogens (tertiary/aromatic N) is 3. The minimum atomic E-state index is -3.52. The number of fused-ring (bicyclic) bond motifs is 1. The Morgan fingerprint density at radius 3 is 2.86 bits per heavy atom. The number of pyridine rings is 1. The first-order valence-electron chi connectivity index (χ1n) is 7.29. The highest BCUT2D eigenvalue weighted by atomic mass is 35.5. The van der Waals surface area contributed by atoms with Crippen molar-refractivity contribution in [2.75, 3.05) is 19.6 Å². The fourth-order valence-electron chi connectivity index (χ4n) is 3.26. The Balaban J connectivity index is 1.86. The summed E-state index contributed by atoms with van der Waals surface area (Å²) in [7, 11) is -3.52. The first-order valence-corrected chi connectivity index (χ1v) is 9.26. The molecule has 0 amide bonds. The monoisotopic (exact) mass is 329 g/mol. The first-order chi connectivity index (χ1) is 10.0. The number of aromatic nitrogens is 1. The zero-order valence-corrected chi connectivity index (χ0v) is 13.6. The minimum Gasteiger partial charge on any atom is -0.297 e. The number of sulfonamides is 1. The predicted octanol–water partition coefficient (Wildman–Crippen LogP) is 1.68. The molecule has 0 radical (unpaired) electrons. The van der Waals surface area contributed by atoms with Crippen molar-refractivity contribution < 1.29 is 8.42 Å². The molecule has 2 unspecified atom stereocenters. The molecule has 7 heteroatoms. The van der Waals surface area contributed by atoms with Gasteiger partial charge in [0.2, 0.25) is 0 Å². The number of rotatable bonds is 3. The van der Waals surface area contributed by atoms with Crippen molar-refractivity contribution in [3.63, 3.8) is 0 Å². The average Bonchev–Trinajstić information content (AvgIpc) is 2.93. The van der Waals surface area contributed by atoms with Gasteiger partial charge in [-0.3, -0.25) is 4.90 Å². The average molecular weight is 330 g/mol. The summed E-state index contributed by atoms with van der Waals surface area (Å²) < 4.78 is 27.2. The maximum Gasteiger partial charge on any atom is 0.260 e. The molecular weight excluding hydrogens is 310 g/mol. The quantitative estimate of drug-likeness (QED) is 0.792. The Hall–Kier alpha value is -0.690. The van der Waals surface area contributed by atoms with Crippen molar-refractivity contribution in [1.82, 2.24) is 14.2 Å². The Morgan fingerprint density at radius 1 is 1.38 bits per heavy atom. The van der Waals surface area contributed by atoms with E-state index >= 15 is 0 Å². The van der Waals surface area contributed by atoms with Crippen molar-refractivity contribution in [2.45, 2.75) is 42.8 Å². The van der Waals surface area contributed by atoms with Gasteiger partial charge in [-0.1, -0.05) is 6.07 Å². The molecule has 0 bridgehead atoms. The lowest BCUT2D eigenvalue weighted by molar-refractivity contribution is 0.117. The van der Waals surface area contributed by atoms with Gasteiger partial charge in [0.1, 0.15) is 0 Å². The summed E-state index contributed by atoms with van der Waals surface area (Å²) in [4.78, 5) is 6.49. The smallest absolute Gasteiger partial charge is 0.260 e. The van der Waals surface area contributed by atoms with E-state index in [1.165, 1.54) is 6.20 Å². The van der Waals surface area contributed by atoms with Gasteiger partial charge >= 0.3 is 0 Å². The van der Waals surface area contributed by atoms with E-state index in [9.17, 15) is 8.42 Å². The van der Waals surface area contributed by atoms with Crippen molar-refractivity contribution in [3.8, 4) is 0 Å². The normalized spacial score (nSPS) is 27.7. The van der Waals surface area contributed by atoms with Crippen LogP contribution in [0, 0.1) is 0 Å². The highest BCUT2D eigenvalue weighted by Gasteiger charge is 2.40. The molecule has 0 spiro atoms. The third-order valence-electron chi connectivity index (χ3n) is 4.41. The van der Waals surface area contributed by atoms with Crippen LogP contribution in [-0.2, 0) is 15.9 Å². The largest absolute Gasteiger partial charge is 0.297 e. The lowest BCUT2D eigenvalue weighted by Crippen LogP contribution is -2.56. The van der Waals surface area contributed by atoms with Gasteiger partial charge in [0, 0.05) is 37.3 Å². The van der Waals surface area contributed by atoms with Gasteiger partial charge in [0.15, 0.2) is 5.03 Å². The molecule has 2 aliphatic rings. The summed E-state index contributed by atoms with van der Waals surface area (Å²) in [6.07, 6.45) is 3.78. The zero-order chi connectivity index (χ0) is 15.0. The topological polar surface area (TPSA) is 53.5 Å². The van der Waals surface area contributed by atoms with Crippen LogP contribution in [0.2, 0.25) is 0 Å². The Kier molecular flexibility index (Phi) is 4.23. The Labute approximate surface area is 131 Å². The fraction of sp³-hybridized carbons (Fsp3) is 0.643. The Morgan fingerprint density at radius 2 is 2.19 bits per heavy atom. The summed E-state index contributed by atoms with van der Waals surface area (Å²) in [5.74, 6) is 0.338. The summed E-state index contributed by atoms with van der Waals surface area (Å²) in [5, 5.41) is 0.120. The minimum absolute atomic E-state index is 0.0150. The molecule has 3 heterocycles. The van der Waals surface area contributed by atoms with E-state index in [0.717, 1.165) is 31.5 Å². The van der Waals surface area contributed by atoms with E-state index in [2.05, 4.69) is 9.88 Å². The third-order valence-corrected chi connectivity index (χ3v) is 6.61. The molecule has 21 heavy (non-hydrogen) atoms. The highest BCUT2D eigenvalue weighted by Crippen LogP contribution is 2.28. The number of hydrogen-bond acceptors (Lipinski definition) is 4. The molecule has 0 N–H and O–H groups in total. The predicted molar refractivity (Wildman–Crippen MR) is 81.7 cm³/mol. The van der Waals surface area contributed by atoms with Crippen LogP contribution in [-0.4, -0.2) is 54.3 Å². The van der Waals surface area contributed by atoms with Crippen LogP contribution in [0.4, 0.5) is 0 Å². The maximum atomic E-state index is 12.8. The van der Waals surface area contributed by atoms with Crippen LogP contribution in [0.15, 0.2) is 23.4 Å². The first kappa shape index (κ1) is 15.2. The number of halogens is 1. The summed E-state index contributed by atoms with van der Waals surface area (Å²) in [6.45, 7) is 4.44. The van der Waals surface area contributed by atoms with Gasteiger partial charge in [0.05, 0.1) is 0 Å². The summed E-state index contributed by atoms with van der Waals surface area (Å²) in [5.41, 5.74) is 0.823. The molecular formula is C14H20ClN3O2S. The van der Waals surface area contributed by atoms with Crippen LogP contribution < -0.4 is 0 Å². The second-order valence-corrected chi connectivity index (χ2v) is 7.96. The number of piperazine rings is 1. The van der Waals surface area contributed by atoms with Gasteiger partial charge in [-0.05, 0) is 37.9 Å². The molecule has 1 aromatic rings. The van der Waals surface area contributed by atoms with E-state index in [0.29, 0.717) is 18.5 Å². The number of hydrogen-bond donors (Lipinski definition) is 0. The second-order valence-electron chi connectivity index (χ2n) is 5.85. The van der Waals surface area contributed by atoms with Crippen molar-refractivity contribution in [3.05, 3.63) is 23.9 Å². The third kappa shape index (κ3) is 2.82. The maximum absolute atomic E-state index is 12.8. The fourth-order valence-corrected chi connectivity index (χ4v) is 4.99. The standard InChI is InChI=1S/C14H20ClN3O2S/c1-11-9-17-6-2-3-13(17)10-18(11)21(19,20)14-5-4-12(7-15)8-16-14/h4-5,8,11,13H,2-3,6-7,9-10H2,1H3. The second kappa shape index (κ2) is 5.83. The molecule has 2 atom stereocenters. The molecule has 1 aromatic heterocycles. The Bertz CT molecular complexity index is 605. The van der Waals surface area contributed by atoms with Crippen LogP contribution in [0.1, 0.15) is 25.3 Å². The molecule has 3 rings (SSSR count). The van der Waals surface area contributed by atoms with E-state index in [-0.39, 0.29) is 11.1 Å². The van der Waals surface area contributed by atoms with Crippen LogP contribution in [0.5, 0.6) is 0 Å². The van der Waals surface area contributed by atoms with Crippen molar-refractivity contribution in [1.29, 1.82) is 0 Å². The van der Waals surface area contributed by atoms with E-state index < -0.39 is 10.0 Å². The summed E-state index contributed by atoms with van der Waals surface area (Å²) >= 11 is 5.72. The van der Waals surface area contributed by atoms with Crippen molar-refractivity contribution in [2.24, 2.45) is 0 Å². The lowest BCUT2D eigenvalue weighted by atomic mass is 10.1. The lowest BCUT2D eigenvalue weighted by Gasteiger charge is -2.41. The van der Waals surface area contributed by atoms with E-state index in [1.807, 2.05) is 6.92 Å². The van der Waals surface area contributed by atoms with Gasteiger partial charge in [-0.15, -0.1) is 11.6 Å². The van der Waals surface area contributed by atoms with E-state index in [4.69, 9.17) is 11.6 Å². The molecule has 0 saturated carbocycles. The molecule has 2 fully saturated rings. The van der Waals surface area contributed by atoms with Crippen LogP contribution in [0.3, 0.4) is 0 Å². The van der Waals surface area contributed by atoms with Crippen LogP contribution in [0.25, 0.3) is 0 Å². The molecule has 2 saturated heterocycles. The molecule has 5 nitrogen and oxygen atoms in total. The zero-order valence-electron chi connectivity index (χ0n) is 12.1. The summed E-state index contributed by atoms with van der Waals surface area (Å²) in [6, 6.07) is 3.63. The molecule has 0 aromatic carbocycles.